The van der Waals surface area contributed by atoms with E-state index < -0.39 is 0 Å². The van der Waals surface area contributed by atoms with Gasteiger partial charge >= 0.3 is 5.87 Å². The molecule has 0 radical (unpaired) electrons. The van der Waals surface area contributed by atoms with E-state index in [1.54, 1.807) is 0 Å². The van der Waals surface area contributed by atoms with Gasteiger partial charge in [0.15, 0.2) is 0 Å². The van der Waals surface area contributed by atoms with Gasteiger partial charge in [-0.3, -0.25) is 0 Å². The van der Waals surface area contributed by atoms with E-state index in [0.29, 0.717) is 0 Å². The van der Waals surface area contributed by atoms with Crippen LogP contribution in [0.25, 0.3) is 11.1 Å². The number of rotatable bonds is 42. The average Bonchev–Trinajstić information content (AvgIpc) is 3.28. The van der Waals surface area contributed by atoms with Crippen molar-refractivity contribution in [2.24, 2.45) is 0 Å². The molecule has 0 heterocycles. The minimum absolute atomic E-state index is 0.895. The third kappa shape index (κ3) is 27.9. The number of benzene rings is 2. The molecule has 0 saturated carbocycles. The van der Waals surface area contributed by atoms with E-state index in [0.717, 1.165) is 50.5 Å². The molecule has 0 atom stereocenters. The highest BCUT2D eigenvalue weighted by Crippen LogP contribution is 2.36. The Bertz CT molecular complexity index is 1440. The second-order valence-electron chi connectivity index (χ2n) is 18.9. The summed E-state index contributed by atoms with van der Waals surface area (Å²) >= 11 is 0. The fourth-order valence-corrected chi connectivity index (χ4v) is 9.35. The van der Waals surface area contributed by atoms with E-state index in [-0.39, 0.29) is 0 Å². The van der Waals surface area contributed by atoms with Crippen LogP contribution in [0.2, 0.25) is 0 Å². The van der Waals surface area contributed by atoms with Crippen LogP contribution in [-0.4, -0.2) is 10.7 Å². The molecule has 2 nitrogen and oxygen atoms in total. The average molecular weight is 835 g/mol. The molecule has 61 heavy (non-hydrogen) atoms. The molecule has 0 aliphatic rings. The fourth-order valence-electron chi connectivity index (χ4n) is 9.35. The third-order valence-corrected chi connectivity index (χ3v) is 13.2. The van der Waals surface area contributed by atoms with Gasteiger partial charge in [0.25, 0.3) is 0 Å². The summed E-state index contributed by atoms with van der Waals surface area (Å²) in [6.45, 7) is 9.15. The van der Waals surface area contributed by atoms with Crippen LogP contribution in [0.1, 0.15) is 288 Å². The number of aryl methyl sites for hydroxylation is 2. The summed E-state index contributed by atoms with van der Waals surface area (Å²) in [6.07, 6.45) is 51.8. The minimum Gasteiger partial charge on any atom is -0.348 e. The lowest BCUT2D eigenvalue weighted by Crippen LogP contribution is -2.02. The van der Waals surface area contributed by atoms with Gasteiger partial charge in [-0.2, -0.15) is 0 Å². The van der Waals surface area contributed by atoms with E-state index in [1.807, 2.05) is 0 Å². The van der Waals surface area contributed by atoms with Crippen LogP contribution in [0, 0.1) is 0 Å². The van der Waals surface area contributed by atoms with Gasteiger partial charge in [0, 0.05) is 0 Å². The van der Waals surface area contributed by atoms with E-state index in [9.17, 15) is 5.53 Å². The van der Waals surface area contributed by atoms with Crippen molar-refractivity contribution >= 4 is 11.4 Å². The first-order chi connectivity index (χ1) is 30.2. The molecule has 0 amide bonds. The van der Waals surface area contributed by atoms with Gasteiger partial charge in [-0.05, 0) is 84.8 Å². The van der Waals surface area contributed by atoms with Crippen molar-refractivity contribution in [3.8, 4) is 0 Å². The second-order valence-corrected chi connectivity index (χ2v) is 18.9. The highest BCUT2D eigenvalue weighted by atomic mass is 14.8. The minimum atomic E-state index is 0.895. The standard InChI is InChI=1S/C59H98N2/c1-5-9-13-16-19-20-21-22-23-24-25-26-27-28-29-30-31-32-33-35-38-43-54-45-41-48-56(51-54)59(55-47-40-44-53(50-55)42-37-34-17-14-10-6-2)58(49-39-36-18-15-11-7-3)57(52-61-60)46-12-8-4/h40-41,44-45,47-48,50-51H,5-39,42-43,46,49H2,1-4H3. The lowest BCUT2D eigenvalue weighted by atomic mass is 9.84. The van der Waals surface area contributed by atoms with Crippen molar-refractivity contribution < 1.29 is 4.79 Å². The van der Waals surface area contributed by atoms with Crippen LogP contribution in [0.5, 0.6) is 0 Å². The van der Waals surface area contributed by atoms with E-state index >= 15 is 0 Å². The molecule has 2 aromatic rings. The van der Waals surface area contributed by atoms with Crippen molar-refractivity contribution in [3.05, 3.63) is 87.5 Å². The molecule has 0 aromatic heterocycles. The van der Waals surface area contributed by atoms with Gasteiger partial charge < -0.3 is 5.53 Å². The van der Waals surface area contributed by atoms with E-state index in [1.165, 1.54) is 239 Å². The van der Waals surface area contributed by atoms with Crippen molar-refractivity contribution in [1.29, 1.82) is 0 Å². The summed E-state index contributed by atoms with van der Waals surface area (Å²) in [5.41, 5.74) is 19.2. The number of unbranched alkanes of at least 4 members (excludes halogenated alkanes) is 31. The zero-order valence-corrected chi connectivity index (χ0v) is 41.1. The lowest BCUT2D eigenvalue weighted by molar-refractivity contribution is 0.00739. The number of nitrogens with zero attached hydrogens (tertiary/aromatic N) is 2. The second kappa shape index (κ2) is 40.1. The van der Waals surface area contributed by atoms with E-state index in [2.05, 4.69) is 86.9 Å². The molecule has 2 aromatic carbocycles. The molecule has 0 N–H and O–H groups in total. The Morgan fingerprint density at radius 3 is 1.07 bits per heavy atom. The van der Waals surface area contributed by atoms with Crippen LogP contribution < -0.4 is 0 Å². The number of allylic oxidation sites excluding steroid dienone is 2. The maximum Gasteiger partial charge on any atom is 0.303 e. The van der Waals surface area contributed by atoms with Gasteiger partial charge in [0.05, 0.1) is 5.57 Å². The topological polar surface area (TPSA) is 36.4 Å². The van der Waals surface area contributed by atoms with Gasteiger partial charge in [-0.15, -0.1) is 4.79 Å². The Labute approximate surface area is 380 Å². The zero-order chi connectivity index (χ0) is 43.7. The van der Waals surface area contributed by atoms with Gasteiger partial charge in [-0.25, -0.2) is 0 Å². The summed E-state index contributed by atoms with van der Waals surface area (Å²) in [5, 5.41) is 0. The Morgan fingerprint density at radius 1 is 0.393 bits per heavy atom. The molecule has 2 heteroatoms. The molecular weight excluding hydrogens is 737 g/mol. The lowest BCUT2D eigenvalue weighted by Gasteiger charge is -2.19. The Balaban J connectivity index is 1.98. The van der Waals surface area contributed by atoms with Crippen LogP contribution in [0.4, 0.5) is 0 Å². The highest BCUT2D eigenvalue weighted by Gasteiger charge is 2.19. The predicted molar refractivity (Wildman–Crippen MR) is 272 cm³/mol. The summed E-state index contributed by atoms with van der Waals surface area (Å²) in [6, 6.07) is 18.9. The maximum atomic E-state index is 9.90. The van der Waals surface area contributed by atoms with Crippen LogP contribution in [0.15, 0.2) is 59.7 Å². The Kier molecular flexibility index (Phi) is 35.8. The van der Waals surface area contributed by atoms with E-state index in [4.69, 9.17) is 0 Å². The molecule has 0 unspecified atom stereocenters. The fraction of sp³-hybridized carbons (Fsp3) is 0.729. The summed E-state index contributed by atoms with van der Waals surface area (Å²) in [7, 11) is 0. The molecule has 2 rings (SSSR count). The largest absolute Gasteiger partial charge is 0.348 e. The number of hydrogen-bond donors (Lipinski definition) is 0. The van der Waals surface area contributed by atoms with Crippen LogP contribution >= 0.6 is 0 Å². The summed E-state index contributed by atoms with van der Waals surface area (Å²) in [5.74, 6) is 3.12. The van der Waals surface area contributed by atoms with Crippen molar-refractivity contribution in [2.75, 3.05) is 0 Å². The highest BCUT2D eigenvalue weighted by molar-refractivity contribution is 5.87. The maximum absolute atomic E-state index is 9.90. The summed E-state index contributed by atoms with van der Waals surface area (Å²) in [4.78, 5) is 3.55. The summed E-state index contributed by atoms with van der Waals surface area (Å²) < 4.78 is 0. The first-order valence-corrected chi connectivity index (χ1v) is 27.1. The third-order valence-electron chi connectivity index (χ3n) is 13.2. The molecule has 0 spiro atoms. The molecule has 0 saturated heterocycles. The van der Waals surface area contributed by atoms with Gasteiger partial charge in [0.1, 0.15) is 0 Å². The molecule has 0 aliphatic heterocycles. The Hall–Kier alpha value is -2.66. The quantitative estimate of drug-likeness (QED) is 0.0210. The smallest absolute Gasteiger partial charge is 0.303 e. The van der Waals surface area contributed by atoms with Crippen molar-refractivity contribution in [3.63, 3.8) is 0 Å². The van der Waals surface area contributed by atoms with Crippen molar-refractivity contribution in [1.82, 2.24) is 0 Å². The molecule has 0 aliphatic carbocycles. The van der Waals surface area contributed by atoms with Gasteiger partial charge in [-0.1, -0.05) is 275 Å². The first kappa shape index (κ1) is 54.5. The van der Waals surface area contributed by atoms with Crippen LogP contribution in [-0.2, 0) is 12.8 Å². The molecule has 0 bridgehead atoms. The number of hydrogen-bond acceptors (Lipinski definition) is 0. The van der Waals surface area contributed by atoms with Crippen LogP contribution in [0.3, 0.4) is 0 Å². The first-order valence-electron chi connectivity index (χ1n) is 27.1. The van der Waals surface area contributed by atoms with Gasteiger partial charge in [0.2, 0.25) is 0 Å². The predicted octanol–water partition coefficient (Wildman–Crippen LogP) is 19.9. The molecule has 344 valence electrons. The molecule has 0 fully saturated rings. The molecular formula is C59H98N2. The monoisotopic (exact) mass is 835 g/mol. The van der Waals surface area contributed by atoms with Crippen molar-refractivity contribution in [2.45, 2.75) is 278 Å². The normalized spacial score (nSPS) is 11.7. The Morgan fingerprint density at radius 2 is 0.721 bits per heavy atom. The zero-order valence-electron chi connectivity index (χ0n) is 41.1. The SMILES string of the molecule is CCCCCCCCCCCCCCCCCCCCCCCc1cccc(C(=C(CCCCCCCC)C(=C=[N+]=[N-])CCCC)c2cccc(CCCCCCCC)c2)c1.